The van der Waals surface area contributed by atoms with Crippen LogP contribution in [0.5, 0.6) is 11.5 Å². The summed E-state index contributed by atoms with van der Waals surface area (Å²) in [6.07, 6.45) is 0. The van der Waals surface area contributed by atoms with Crippen LogP contribution in [0.1, 0.15) is 11.6 Å². The summed E-state index contributed by atoms with van der Waals surface area (Å²) in [5.74, 6) is -0.368. The molecule has 1 aliphatic heterocycles. The lowest BCUT2D eigenvalue weighted by Crippen LogP contribution is -2.13. The maximum atomic E-state index is 13.6. The minimum Gasteiger partial charge on any atom is -0.508 e. The monoisotopic (exact) mass is 263 g/mol. The fraction of sp³-hybridized carbons (Fsp3) is 0.143. The Morgan fingerprint density at radius 2 is 2.00 bits per heavy atom. The number of aromatic hydroxyl groups is 1. The topological polar surface area (TPSA) is 41.5 Å². The Bertz CT molecular complexity index is 631. The van der Waals surface area contributed by atoms with E-state index in [-0.39, 0.29) is 17.5 Å². The second kappa shape index (κ2) is 4.42. The molecule has 2 aromatic rings. The van der Waals surface area contributed by atoms with E-state index in [1.165, 1.54) is 12.1 Å². The van der Waals surface area contributed by atoms with Crippen molar-refractivity contribution in [3.05, 3.63) is 53.6 Å². The molecule has 0 saturated heterocycles. The van der Waals surface area contributed by atoms with Gasteiger partial charge in [0, 0.05) is 11.6 Å². The van der Waals surface area contributed by atoms with Crippen LogP contribution in [0.2, 0.25) is 0 Å². The summed E-state index contributed by atoms with van der Waals surface area (Å²) < 4.78 is 32.0. The van der Waals surface area contributed by atoms with Gasteiger partial charge in [-0.05, 0) is 30.3 Å². The van der Waals surface area contributed by atoms with Gasteiger partial charge in [0.05, 0.1) is 11.7 Å². The van der Waals surface area contributed by atoms with Gasteiger partial charge in [0.25, 0.3) is 0 Å². The molecule has 0 saturated carbocycles. The van der Waals surface area contributed by atoms with Crippen LogP contribution < -0.4 is 10.1 Å². The standard InChI is InChI=1S/C14H11F2NO2/c15-8-1-4-11(16)12(5-8)17-13-7-19-14-6-9(18)2-3-10(13)14/h1-6,13,17-18H,7H2. The van der Waals surface area contributed by atoms with Crippen LogP contribution in [0.25, 0.3) is 0 Å². The van der Waals surface area contributed by atoms with Crippen LogP contribution >= 0.6 is 0 Å². The molecule has 0 bridgehead atoms. The van der Waals surface area contributed by atoms with Crippen molar-refractivity contribution in [1.29, 1.82) is 0 Å². The zero-order valence-corrected chi connectivity index (χ0v) is 9.86. The first-order chi connectivity index (χ1) is 9.13. The molecule has 1 unspecified atom stereocenters. The van der Waals surface area contributed by atoms with Crippen molar-refractivity contribution in [3.8, 4) is 11.5 Å². The number of anilines is 1. The highest BCUT2D eigenvalue weighted by Gasteiger charge is 2.25. The SMILES string of the molecule is Oc1ccc2c(c1)OCC2Nc1cc(F)ccc1F. The Hall–Kier alpha value is -2.30. The van der Waals surface area contributed by atoms with Crippen molar-refractivity contribution in [2.45, 2.75) is 6.04 Å². The van der Waals surface area contributed by atoms with Crippen molar-refractivity contribution >= 4 is 5.69 Å². The van der Waals surface area contributed by atoms with E-state index in [2.05, 4.69) is 5.32 Å². The number of fused-ring (bicyclic) bond motifs is 1. The molecule has 19 heavy (non-hydrogen) atoms. The number of ether oxygens (including phenoxy) is 1. The van der Waals surface area contributed by atoms with E-state index in [1.54, 1.807) is 6.07 Å². The van der Waals surface area contributed by atoms with Crippen molar-refractivity contribution in [2.24, 2.45) is 0 Å². The Morgan fingerprint density at radius 3 is 2.84 bits per heavy atom. The van der Waals surface area contributed by atoms with Crippen LogP contribution in [0.15, 0.2) is 36.4 Å². The van der Waals surface area contributed by atoms with Gasteiger partial charge in [-0.1, -0.05) is 0 Å². The third kappa shape index (κ3) is 2.19. The van der Waals surface area contributed by atoms with Gasteiger partial charge in [-0.15, -0.1) is 0 Å². The molecule has 0 spiro atoms. The van der Waals surface area contributed by atoms with Crippen molar-refractivity contribution < 1.29 is 18.6 Å². The molecular weight excluding hydrogens is 252 g/mol. The summed E-state index contributed by atoms with van der Waals surface area (Å²) in [5, 5.41) is 12.2. The maximum Gasteiger partial charge on any atom is 0.146 e. The summed E-state index contributed by atoms with van der Waals surface area (Å²) >= 11 is 0. The predicted molar refractivity (Wildman–Crippen MR) is 66.3 cm³/mol. The lowest BCUT2D eigenvalue weighted by molar-refractivity contribution is 0.338. The van der Waals surface area contributed by atoms with Crippen LogP contribution in [0.3, 0.4) is 0 Å². The number of phenols is 1. The number of phenolic OH excluding ortho intramolecular Hbond substituents is 1. The quantitative estimate of drug-likeness (QED) is 0.874. The minimum atomic E-state index is -0.520. The summed E-state index contributed by atoms with van der Waals surface area (Å²) in [7, 11) is 0. The zero-order chi connectivity index (χ0) is 13.4. The molecule has 0 amide bonds. The predicted octanol–water partition coefficient (Wildman–Crippen LogP) is 3.22. The number of hydrogen-bond acceptors (Lipinski definition) is 3. The minimum absolute atomic E-state index is 0.0922. The van der Waals surface area contributed by atoms with E-state index in [0.717, 1.165) is 23.8 Å². The number of rotatable bonds is 2. The highest BCUT2D eigenvalue weighted by Crippen LogP contribution is 2.37. The van der Waals surface area contributed by atoms with Crippen LogP contribution in [-0.4, -0.2) is 11.7 Å². The third-order valence-corrected chi connectivity index (χ3v) is 3.04. The lowest BCUT2D eigenvalue weighted by atomic mass is 10.1. The molecular formula is C14H11F2NO2. The largest absolute Gasteiger partial charge is 0.508 e. The van der Waals surface area contributed by atoms with E-state index in [0.29, 0.717) is 12.4 Å². The molecule has 0 aromatic heterocycles. The van der Waals surface area contributed by atoms with Gasteiger partial charge >= 0.3 is 0 Å². The van der Waals surface area contributed by atoms with Gasteiger partial charge in [0.1, 0.15) is 29.7 Å². The molecule has 1 heterocycles. The highest BCUT2D eigenvalue weighted by atomic mass is 19.1. The second-order valence-electron chi connectivity index (χ2n) is 4.35. The molecule has 0 aliphatic carbocycles. The molecule has 3 rings (SSSR count). The summed E-state index contributed by atoms with van der Waals surface area (Å²) in [4.78, 5) is 0. The van der Waals surface area contributed by atoms with Gasteiger partial charge in [0.15, 0.2) is 0 Å². The van der Waals surface area contributed by atoms with E-state index < -0.39 is 11.6 Å². The van der Waals surface area contributed by atoms with Gasteiger partial charge in [-0.3, -0.25) is 0 Å². The molecule has 5 heteroatoms. The van der Waals surface area contributed by atoms with E-state index in [9.17, 15) is 13.9 Å². The fourth-order valence-corrected chi connectivity index (χ4v) is 2.11. The van der Waals surface area contributed by atoms with Crippen molar-refractivity contribution in [3.63, 3.8) is 0 Å². The molecule has 98 valence electrons. The van der Waals surface area contributed by atoms with Crippen molar-refractivity contribution in [2.75, 3.05) is 11.9 Å². The molecule has 2 aromatic carbocycles. The summed E-state index contributed by atoms with van der Waals surface area (Å²) in [6, 6.07) is 7.71. The molecule has 3 nitrogen and oxygen atoms in total. The van der Waals surface area contributed by atoms with E-state index in [4.69, 9.17) is 4.74 Å². The first kappa shape index (κ1) is 11.8. The fourth-order valence-electron chi connectivity index (χ4n) is 2.11. The van der Waals surface area contributed by atoms with Crippen LogP contribution in [0, 0.1) is 11.6 Å². The highest BCUT2D eigenvalue weighted by molar-refractivity contribution is 5.52. The van der Waals surface area contributed by atoms with Gasteiger partial charge < -0.3 is 15.2 Å². The Morgan fingerprint density at radius 1 is 1.16 bits per heavy atom. The molecule has 0 fully saturated rings. The Kier molecular flexibility index (Phi) is 2.74. The van der Waals surface area contributed by atoms with Crippen LogP contribution in [0.4, 0.5) is 14.5 Å². The number of hydrogen-bond donors (Lipinski definition) is 2. The number of halogens is 2. The first-order valence-electron chi connectivity index (χ1n) is 5.81. The smallest absolute Gasteiger partial charge is 0.146 e. The van der Waals surface area contributed by atoms with Crippen LogP contribution in [-0.2, 0) is 0 Å². The lowest BCUT2D eigenvalue weighted by Gasteiger charge is -2.14. The zero-order valence-electron chi connectivity index (χ0n) is 9.86. The summed E-state index contributed by atoms with van der Waals surface area (Å²) in [5.41, 5.74) is 0.899. The Labute approximate surface area is 108 Å². The summed E-state index contributed by atoms with van der Waals surface area (Å²) in [6.45, 7) is 0.300. The average molecular weight is 263 g/mol. The molecule has 2 N–H and O–H groups in total. The Balaban J connectivity index is 1.88. The second-order valence-corrected chi connectivity index (χ2v) is 4.35. The maximum absolute atomic E-state index is 13.6. The van der Waals surface area contributed by atoms with Gasteiger partial charge in [-0.25, -0.2) is 8.78 Å². The van der Waals surface area contributed by atoms with E-state index >= 15 is 0 Å². The van der Waals surface area contributed by atoms with Crippen molar-refractivity contribution in [1.82, 2.24) is 0 Å². The third-order valence-electron chi connectivity index (χ3n) is 3.04. The molecule has 0 radical (unpaired) electrons. The average Bonchev–Trinajstić information content (AvgIpc) is 2.76. The number of benzene rings is 2. The van der Waals surface area contributed by atoms with Gasteiger partial charge in [0.2, 0.25) is 0 Å². The molecule has 1 atom stereocenters. The van der Waals surface area contributed by atoms with E-state index in [1.807, 2.05) is 0 Å². The van der Waals surface area contributed by atoms with Gasteiger partial charge in [-0.2, -0.15) is 0 Å². The normalized spacial score (nSPS) is 16.8. The molecule has 1 aliphatic rings. The first-order valence-corrected chi connectivity index (χ1v) is 5.81. The number of nitrogens with one attached hydrogen (secondary N) is 1.